The molecule has 9 heteroatoms. The van der Waals surface area contributed by atoms with E-state index in [9.17, 15) is 13.6 Å². The minimum Gasteiger partial charge on any atom is -0.497 e. The van der Waals surface area contributed by atoms with Crippen molar-refractivity contribution >= 4 is 5.91 Å². The molecular formula is C21H19F2N3O4. The number of oxazole rings is 1. The fourth-order valence-electron chi connectivity index (χ4n) is 2.37. The molecule has 0 radical (unpaired) electrons. The number of carbonyl (C=O) groups excluding carboxylic acids is 1. The first kappa shape index (κ1) is 21.0. The Morgan fingerprint density at radius 1 is 1.27 bits per heavy atom. The molecule has 7 nitrogen and oxygen atoms in total. The van der Waals surface area contributed by atoms with Crippen LogP contribution in [0.4, 0.5) is 8.78 Å². The van der Waals surface area contributed by atoms with E-state index in [-0.39, 0.29) is 18.2 Å². The van der Waals surface area contributed by atoms with E-state index in [0.29, 0.717) is 22.8 Å². The molecule has 1 aliphatic heterocycles. The Hall–Kier alpha value is -3.75. The number of amides is 1. The topological polar surface area (TPSA) is 86.5 Å². The number of pyridine rings is 1. The molecule has 1 amide bonds. The molecule has 156 valence electrons. The van der Waals surface area contributed by atoms with Gasteiger partial charge in [-0.2, -0.15) is 8.78 Å². The molecule has 3 heterocycles. The van der Waals surface area contributed by atoms with Crippen LogP contribution in [-0.2, 0) is 11.3 Å². The van der Waals surface area contributed by atoms with Gasteiger partial charge in [0.05, 0.1) is 18.5 Å². The third-order valence-electron chi connectivity index (χ3n) is 3.92. The summed E-state index contributed by atoms with van der Waals surface area (Å²) < 4.78 is 38.5. The smallest absolute Gasteiger partial charge is 0.387 e. The zero-order valence-corrected chi connectivity index (χ0v) is 16.0. The number of aromatic nitrogens is 2. The molecule has 0 atom stereocenters. The highest BCUT2D eigenvalue weighted by Crippen LogP contribution is 2.22. The van der Waals surface area contributed by atoms with Crippen LogP contribution < -0.4 is 10.1 Å². The van der Waals surface area contributed by atoms with Crippen molar-refractivity contribution in [3.8, 4) is 17.2 Å². The normalized spacial score (nSPS) is 11.7. The molecule has 0 bridgehead atoms. The molecule has 4 rings (SSSR count). The summed E-state index contributed by atoms with van der Waals surface area (Å²) in [4.78, 5) is 20.5. The van der Waals surface area contributed by atoms with Crippen molar-refractivity contribution in [3.05, 3.63) is 78.1 Å². The van der Waals surface area contributed by atoms with Gasteiger partial charge in [0.2, 0.25) is 5.89 Å². The summed E-state index contributed by atoms with van der Waals surface area (Å²) >= 11 is 0. The molecule has 1 aromatic carbocycles. The number of hydrogen-bond donors (Lipinski definition) is 1. The lowest BCUT2D eigenvalue weighted by molar-refractivity contribution is -0.0498. The summed E-state index contributed by atoms with van der Waals surface area (Å²) in [6.45, 7) is -0.0804. The molecule has 2 aromatic heterocycles. The van der Waals surface area contributed by atoms with Gasteiger partial charge in [0.1, 0.15) is 24.3 Å². The number of carbonyl (C=O) groups is 1. The van der Waals surface area contributed by atoms with Crippen molar-refractivity contribution < 1.29 is 27.5 Å². The second-order valence-corrected chi connectivity index (χ2v) is 6.10. The Labute approximate surface area is 171 Å². The third-order valence-corrected chi connectivity index (χ3v) is 3.92. The van der Waals surface area contributed by atoms with Gasteiger partial charge in [0, 0.05) is 11.8 Å². The lowest BCUT2D eigenvalue weighted by Crippen LogP contribution is -2.24. The van der Waals surface area contributed by atoms with Gasteiger partial charge in [0.15, 0.2) is 0 Å². The summed E-state index contributed by atoms with van der Waals surface area (Å²) in [6, 6.07) is 9.48. The number of hydrogen-bond acceptors (Lipinski definition) is 6. The second kappa shape index (κ2) is 10.1. The van der Waals surface area contributed by atoms with E-state index in [2.05, 4.69) is 24.8 Å². The number of rotatable bonds is 6. The largest absolute Gasteiger partial charge is 0.497 e. The van der Waals surface area contributed by atoms with Crippen molar-refractivity contribution in [2.24, 2.45) is 0 Å². The fourth-order valence-corrected chi connectivity index (χ4v) is 2.37. The zero-order valence-electron chi connectivity index (χ0n) is 16.0. The van der Waals surface area contributed by atoms with Gasteiger partial charge in [-0.15, -0.1) is 0 Å². The molecule has 0 fully saturated rings. The molecule has 3 aromatic rings. The summed E-state index contributed by atoms with van der Waals surface area (Å²) in [5, 5.41) is 2.72. The first-order valence-electron chi connectivity index (χ1n) is 8.99. The average molecular weight is 415 g/mol. The highest BCUT2D eigenvalue weighted by molar-refractivity contribution is 5.93. The van der Waals surface area contributed by atoms with Crippen LogP contribution in [0.3, 0.4) is 0 Å². The van der Waals surface area contributed by atoms with Crippen LogP contribution >= 0.6 is 0 Å². The Morgan fingerprint density at radius 3 is 2.57 bits per heavy atom. The van der Waals surface area contributed by atoms with Crippen molar-refractivity contribution in [2.45, 2.75) is 20.1 Å². The quantitative estimate of drug-likeness (QED) is 0.652. The Kier molecular flexibility index (Phi) is 7.09. The number of halogens is 2. The molecule has 30 heavy (non-hydrogen) atoms. The van der Waals surface area contributed by atoms with Gasteiger partial charge in [-0.05, 0) is 48.9 Å². The summed E-state index contributed by atoms with van der Waals surface area (Å²) in [7, 11) is 0. The lowest BCUT2D eigenvalue weighted by Gasteiger charge is -2.04. The molecular weight excluding hydrogens is 396 g/mol. The van der Waals surface area contributed by atoms with E-state index >= 15 is 0 Å². The van der Waals surface area contributed by atoms with Gasteiger partial charge >= 0.3 is 6.61 Å². The van der Waals surface area contributed by atoms with E-state index in [1.165, 1.54) is 18.4 Å². The molecule has 1 N–H and O–H groups in total. The van der Waals surface area contributed by atoms with Crippen molar-refractivity contribution in [1.29, 1.82) is 0 Å². The number of ether oxygens (including phenoxy) is 2. The molecule has 0 spiro atoms. The predicted octanol–water partition coefficient (Wildman–Crippen LogP) is 4.11. The zero-order chi connectivity index (χ0) is 21.3. The maximum absolute atomic E-state index is 12.2. The van der Waals surface area contributed by atoms with Crippen LogP contribution in [0.25, 0.3) is 11.5 Å². The van der Waals surface area contributed by atoms with E-state index < -0.39 is 6.61 Å². The highest BCUT2D eigenvalue weighted by Gasteiger charge is 2.12. The van der Waals surface area contributed by atoms with Crippen LogP contribution in [0, 0.1) is 6.92 Å². The van der Waals surface area contributed by atoms with Crippen LogP contribution in [0.5, 0.6) is 5.75 Å². The van der Waals surface area contributed by atoms with Crippen LogP contribution in [0.1, 0.15) is 21.7 Å². The monoisotopic (exact) mass is 415 g/mol. The minimum absolute atomic E-state index is 0.0496. The van der Waals surface area contributed by atoms with Gasteiger partial charge < -0.3 is 19.2 Å². The standard InChI is InChI=1S/C18H15F2N3O3.C3H4O/c1-11-3-2-8-21-15(11)16(24)22-9-13-10-25-17(23-13)12-4-6-14(7-5-12)26-18(19)20;1-2-4-3-1/h2-8,10,18H,9H2,1H3,(H,22,24);1-2H,3H2. The average Bonchev–Trinajstić information content (AvgIpc) is 3.14. The second-order valence-electron chi connectivity index (χ2n) is 6.10. The molecule has 0 saturated heterocycles. The first-order chi connectivity index (χ1) is 14.5. The van der Waals surface area contributed by atoms with Gasteiger partial charge in [-0.25, -0.2) is 4.98 Å². The number of aryl methyl sites for hydroxylation is 1. The van der Waals surface area contributed by atoms with E-state index in [1.807, 2.05) is 6.08 Å². The van der Waals surface area contributed by atoms with Crippen molar-refractivity contribution in [2.75, 3.05) is 6.61 Å². The molecule has 0 unspecified atom stereocenters. The van der Waals surface area contributed by atoms with Gasteiger partial charge in [-0.1, -0.05) is 6.07 Å². The van der Waals surface area contributed by atoms with Crippen molar-refractivity contribution in [3.63, 3.8) is 0 Å². The SMILES string of the molecule is C1=COC1.Cc1cccnc1C(=O)NCc1coc(-c2ccc(OC(F)F)cc2)n1. The summed E-state index contributed by atoms with van der Waals surface area (Å²) in [5.74, 6) is 0.0570. The van der Waals surface area contributed by atoms with E-state index in [0.717, 1.165) is 12.2 Å². The third kappa shape index (κ3) is 5.87. The van der Waals surface area contributed by atoms with Gasteiger partial charge in [-0.3, -0.25) is 9.78 Å². The van der Waals surface area contributed by atoms with E-state index in [4.69, 9.17) is 4.42 Å². The van der Waals surface area contributed by atoms with E-state index in [1.54, 1.807) is 43.6 Å². The number of nitrogens with zero attached hydrogens (tertiary/aromatic N) is 2. The Balaban J connectivity index is 0.000000572. The molecule has 0 saturated carbocycles. The summed E-state index contributed by atoms with van der Waals surface area (Å²) in [6.07, 6.45) is 6.61. The molecule has 0 aliphatic carbocycles. The first-order valence-corrected chi connectivity index (χ1v) is 8.99. The number of nitrogens with one attached hydrogen (secondary N) is 1. The molecule has 1 aliphatic rings. The fraction of sp³-hybridized carbons (Fsp3) is 0.190. The maximum Gasteiger partial charge on any atom is 0.387 e. The Bertz CT molecular complexity index is 997. The Morgan fingerprint density at radius 2 is 1.97 bits per heavy atom. The van der Waals surface area contributed by atoms with Crippen LogP contribution in [-0.4, -0.2) is 29.1 Å². The number of benzene rings is 1. The maximum atomic E-state index is 12.2. The number of alkyl halides is 2. The predicted molar refractivity (Wildman–Crippen MR) is 104 cm³/mol. The van der Waals surface area contributed by atoms with Gasteiger partial charge in [0.25, 0.3) is 5.91 Å². The summed E-state index contributed by atoms with van der Waals surface area (Å²) in [5.41, 5.74) is 2.25. The highest BCUT2D eigenvalue weighted by atomic mass is 19.3. The minimum atomic E-state index is -2.87. The van der Waals surface area contributed by atoms with Crippen LogP contribution in [0.2, 0.25) is 0 Å². The van der Waals surface area contributed by atoms with Crippen LogP contribution in [0.15, 0.2) is 65.6 Å². The lowest BCUT2D eigenvalue weighted by atomic mass is 10.2. The van der Waals surface area contributed by atoms with Crippen molar-refractivity contribution in [1.82, 2.24) is 15.3 Å².